The number of rotatable bonds is 6. The van der Waals surface area contributed by atoms with E-state index in [1.54, 1.807) is 36.5 Å². The van der Waals surface area contributed by atoms with Crippen LogP contribution in [0.25, 0.3) is 10.9 Å². The predicted molar refractivity (Wildman–Crippen MR) is 107 cm³/mol. The number of carbonyl (C=O) groups is 2. The van der Waals surface area contributed by atoms with Crippen molar-refractivity contribution in [3.8, 4) is 0 Å². The van der Waals surface area contributed by atoms with E-state index in [2.05, 4.69) is 20.6 Å². The van der Waals surface area contributed by atoms with Crippen LogP contribution < -0.4 is 21.0 Å². The molecular weight excluding hydrogens is 358 g/mol. The van der Waals surface area contributed by atoms with Crippen molar-refractivity contribution in [2.75, 3.05) is 25.5 Å². The van der Waals surface area contributed by atoms with Crippen LogP contribution in [0.2, 0.25) is 0 Å². The maximum absolute atomic E-state index is 12.4. The molecule has 3 aromatic rings. The molecule has 0 atom stereocenters. The molecule has 0 aliphatic carbocycles. The standard InChI is InChI=1S/C20H21N5O3/c1-25(2)19-13(6-5-9-21-19)10-23-17(26)12-24-20(28)15-11-22-16-8-4-3-7-14(16)18(15)27/h3-9,11H,10,12H2,1-2H3,(H,22,27)(H,23,26)(H,24,28). The van der Waals surface area contributed by atoms with Gasteiger partial charge in [-0.25, -0.2) is 4.98 Å². The van der Waals surface area contributed by atoms with Crippen molar-refractivity contribution >= 4 is 28.5 Å². The lowest BCUT2D eigenvalue weighted by atomic mass is 10.1. The number of hydrogen-bond donors (Lipinski definition) is 3. The number of aromatic amines is 1. The average Bonchev–Trinajstić information content (AvgIpc) is 2.71. The minimum absolute atomic E-state index is 0.0337. The van der Waals surface area contributed by atoms with Crippen LogP contribution in [0.4, 0.5) is 5.82 Å². The summed E-state index contributed by atoms with van der Waals surface area (Å²) in [5.74, 6) is -0.203. The Kier molecular flexibility index (Phi) is 5.69. The highest BCUT2D eigenvalue weighted by atomic mass is 16.2. The number of hydrogen-bond acceptors (Lipinski definition) is 5. The minimum atomic E-state index is -0.600. The Hall–Kier alpha value is -3.68. The first kappa shape index (κ1) is 19.1. The van der Waals surface area contributed by atoms with Gasteiger partial charge in [-0.1, -0.05) is 18.2 Å². The molecule has 0 saturated carbocycles. The molecular formula is C20H21N5O3. The Morgan fingerprint density at radius 2 is 1.89 bits per heavy atom. The molecule has 28 heavy (non-hydrogen) atoms. The van der Waals surface area contributed by atoms with Crippen molar-refractivity contribution in [1.82, 2.24) is 20.6 Å². The van der Waals surface area contributed by atoms with Crippen LogP contribution in [-0.2, 0) is 11.3 Å². The quantitative estimate of drug-likeness (QED) is 0.593. The van der Waals surface area contributed by atoms with Gasteiger partial charge in [0.2, 0.25) is 11.3 Å². The number of amides is 2. The molecule has 0 spiro atoms. The number of benzene rings is 1. The highest BCUT2D eigenvalue weighted by Gasteiger charge is 2.14. The molecule has 0 radical (unpaired) electrons. The molecule has 2 aromatic heterocycles. The average molecular weight is 379 g/mol. The summed E-state index contributed by atoms with van der Waals surface area (Å²) in [6.07, 6.45) is 3.04. The number of nitrogens with one attached hydrogen (secondary N) is 3. The third-order valence-electron chi connectivity index (χ3n) is 4.21. The summed E-state index contributed by atoms with van der Waals surface area (Å²) in [7, 11) is 3.74. The van der Waals surface area contributed by atoms with Gasteiger partial charge in [0, 0.05) is 49.5 Å². The highest BCUT2D eigenvalue weighted by molar-refractivity contribution is 5.98. The van der Waals surface area contributed by atoms with Crippen molar-refractivity contribution in [2.24, 2.45) is 0 Å². The molecule has 0 unspecified atom stereocenters. The Labute approximate surface area is 161 Å². The van der Waals surface area contributed by atoms with E-state index >= 15 is 0 Å². The molecule has 1 aromatic carbocycles. The number of pyridine rings is 2. The van der Waals surface area contributed by atoms with Crippen molar-refractivity contribution in [2.45, 2.75) is 6.54 Å². The molecule has 0 fully saturated rings. The lowest BCUT2D eigenvalue weighted by Gasteiger charge is -2.16. The number of fused-ring (bicyclic) bond motifs is 1. The summed E-state index contributed by atoms with van der Waals surface area (Å²) in [5, 5.41) is 5.64. The number of aromatic nitrogens is 2. The molecule has 2 amide bonds. The van der Waals surface area contributed by atoms with Crippen LogP contribution in [0.1, 0.15) is 15.9 Å². The normalized spacial score (nSPS) is 10.5. The van der Waals surface area contributed by atoms with Gasteiger partial charge >= 0.3 is 0 Å². The SMILES string of the molecule is CN(C)c1ncccc1CNC(=O)CNC(=O)c1c[nH]c2ccccc2c1=O. The monoisotopic (exact) mass is 379 g/mol. The molecule has 0 aliphatic rings. The minimum Gasteiger partial charge on any atom is -0.362 e. The van der Waals surface area contributed by atoms with Crippen molar-refractivity contribution < 1.29 is 9.59 Å². The fourth-order valence-corrected chi connectivity index (χ4v) is 2.82. The summed E-state index contributed by atoms with van der Waals surface area (Å²) < 4.78 is 0. The van der Waals surface area contributed by atoms with Gasteiger partial charge < -0.3 is 20.5 Å². The van der Waals surface area contributed by atoms with Crippen molar-refractivity contribution in [3.05, 3.63) is 70.1 Å². The van der Waals surface area contributed by atoms with E-state index in [-0.39, 0.29) is 30.0 Å². The smallest absolute Gasteiger partial charge is 0.257 e. The number of H-pyrrole nitrogens is 1. The fraction of sp³-hybridized carbons (Fsp3) is 0.200. The van der Waals surface area contributed by atoms with Gasteiger partial charge in [0.1, 0.15) is 11.4 Å². The van der Waals surface area contributed by atoms with Crippen LogP contribution >= 0.6 is 0 Å². The van der Waals surface area contributed by atoms with Gasteiger partial charge in [-0.2, -0.15) is 0 Å². The van der Waals surface area contributed by atoms with Gasteiger partial charge in [-0.05, 0) is 18.2 Å². The second kappa shape index (κ2) is 8.34. The van der Waals surface area contributed by atoms with E-state index in [9.17, 15) is 14.4 Å². The summed E-state index contributed by atoms with van der Waals surface area (Å²) in [6, 6.07) is 10.6. The van der Waals surface area contributed by atoms with Gasteiger partial charge in [-0.3, -0.25) is 14.4 Å². The summed E-state index contributed by atoms with van der Waals surface area (Å²) in [5.41, 5.74) is 1.10. The number of para-hydroxylation sites is 1. The van der Waals surface area contributed by atoms with E-state index < -0.39 is 5.91 Å². The molecule has 0 bridgehead atoms. The first-order valence-corrected chi connectivity index (χ1v) is 8.74. The Balaban J connectivity index is 1.60. The Bertz CT molecular complexity index is 1070. The van der Waals surface area contributed by atoms with Gasteiger partial charge in [-0.15, -0.1) is 0 Å². The van der Waals surface area contributed by atoms with E-state index in [0.717, 1.165) is 11.4 Å². The molecule has 0 aliphatic heterocycles. The Morgan fingerprint density at radius 3 is 2.68 bits per heavy atom. The zero-order valence-corrected chi connectivity index (χ0v) is 15.7. The van der Waals surface area contributed by atoms with Crippen LogP contribution in [0.5, 0.6) is 0 Å². The molecule has 0 saturated heterocycles. The maximum Gasteiger partial charge on any atom is 0.257 e. The lowest BCUT2D eigenvalue weighted by molar-refractivity contribution is -0.120. The Morgan fingerprint density at radius 1 is 1.11 bits per heavy atom. The van der Waals surface area contributed by atoms with Crippen LogP contribution in [-0.4, -0.2) is 42.4 Å². The fourth-order valence-electron chi connectivity index (χ4n) is 2.82. The second-order valence-corrected chi connectivity index (χ2v) is 6.42. The van der Waals surface area contributed by atoms with Crippen molar-refractivity contribution in [1.29, 1.82) is 0 Å². The number of nitrogens with zero attached hydrogens (tertiary/aromatic N) is 2. The maximum atomic E-state index is 12.4. The third-order valence-corrected chi connectivity index (χ3v) is 4.21. The van der Waals surface area contributed by atoms with Crippen LogP contribution in [0.3, 0.4) is 0 Å². The first-order chi connectivity index (χ1) is 13.5. The molecule has 8 heteroatoms. The van der Waals surface area contributed by atoms with Crippen LogP contribution in [0.15, 0.2) is 53.6 Å². The summed E-state index contributed by atoms with van der Waals surface area (Å²) >= 11 is 0. The molecule has 8 nitrogen and oxygen atoms in total. The zero-order chi connectivity index (χ0) is 20.1. The van der Waals surface area contributed by atoms with E-state index in [0.29, 0.717) is 10.9 Å². The molecule has 2 heterocycles. The van der Waals surface area contributed by atoms with Gasteiger partial charge in [0.05, 0.1) is 6.54 Å². The predicted octanol–water partition coefficient (Wildman–Crippen LogP) is 1.04. The largest absolute Gasteiger partial charge is 0.362 e. The zero-order valence-electron chi connectivity index (χ0n) is 15.7. The molecule has 3 N–H and O–H groups in total. The summed E-state index contributed by atoms with van der Waals surface area (Å²) in [4.78, 5) is 45.9. The number of carbonyl (C=O) groups excluding carboxylic acids is 2. The van der Waals surface area contributed by atoms with E-state index in [1.165, 1.54) is 6.20 Å². The second-order valence-electron chi connectivity index (χ2n) is 6.42. The topological polar surface area (TPSA) is 107 Å². The summed E-state index contributed by atoms with van der Waals surface area (Å²) in [6.45, 7) is 0.0509. The number of anilines is 1. The molecule has 144 valence electrons. The third kappa shape index (κ3) is 4.17. The van der Waals surface area contributed by atoms with Gasteiger partial charge in [0.25, 0.3) is 5.91 Å². The lowest BCUT2D eigenvalue weighted by Crippen LogP contribution is -2.38. The van der Waals surface area contributed by atoms with Crippen molar-refractivity contribution in [3.63, 3.8) is 0 Å². The molecule has 3 rings (SSSR count). The van der Waals surface area contributed by atoms with Gasteiger partial charge in [0.15, 0.2) is 0 Å². The van der Waals surface area contributed by atoms with E-state index in [4.69, 9.17) is 0 Å². The van der Waals surface area contributed by atoms with E-state index in [1.807, 2.05) is 25.1 Å². The van der Waals surface area contributed by atoms with Crippen LogP contribution in [0, 0.1) is 0 Å². The first-order valence-electron chi connectivity index (χ1n) is 8.74. The highest BCUT2D eigenvalue weighted by Crippen LogP contribution is 2.13.